The fraction of sp³-hybridized carbons (Fsp3) is 0.370. The van der Waals surface area contributed by atoms with E-state index in [1.165, 1.54) is 29.5 Å². The first-order valence-electron chi connectivity index (χ1n) is 12.1. The van der Waals surface area contributed by atoms with Gasteiger partial charge in [-0.25, -0.2) is 0 Å². The summed E-state index contributed by atoms with van der Waals surface area (Å²) in [5, 5.41) is 7.88. The standard InChI is InChI=1S/C27H30ClN5OS/c1-34-24-16-23(33-15-12-19-6-2-3-7-20(19)17-33)30-25(31-24)32-26(35)29-18-27(13-4-5-14-27)21-8-10-22(28)11-9-21/h2-3,6-11,16H,4-5,12-15,17-18H2,1H3,(H2,29,30,31,32,35). The molecule has 5 rings (SSSR count). The smallest absolute Gasteiger partial charge is 0.234 e. The van der Waals surface area contributed by atoms with Crippen molar-refractivity contribution < 1.29 is 4.74 Å². The highest BCUT2D eigenvalue weighted by atomic mass is 35.5. The lowest BCUT2D eigenvalue weighted by atomic mass is 9.79. The van der Waals surface area contributed by atoms with Crippen molar-refractivity contribution in [2.75, 3.05) is 30.4 Å². The van der Waals surface area contributed by atoms with Gasteiger partial charge in [0.1, 0.15) is 5.82 Å². The molecule has 8 heteroatoms. The maximum atomic E-state index is 6.13. The van der Waals surface area contributed by atoms with Crippen LogP contribution in [-0.4, -0.2) is 35.3 Å². The van der Waals surface area contributed by atoms with Gasteiger partial charge in [-0.05, 0) is 60.3 Å². The second kappa shape index (κ2) is 10.4. The van der Waals surface area contributed by atoms with Gasteiger partial charge in [0.15, 0.2) is 5.11 Å². The largest absolute Gasteiger partial charge is 0.481 e. The molecule has 35 heavy (non-hydrogen) atoms. The lowest BCUT2D eigenvalue weighted by Crippen LogP contribution is -2.41. The van der Waals surface area contributed by atoms with Crippen LogP contribution in [0.1, 0.15) is 42.4 Å². The zero-order valence-electron chi connectivity index (χ0n) is 19.9. The number of benzene rings is 2. The number of nitrogens with one attached hydrogen (secondary N) is 2. The van der Waals surface area contributed by atoms with Crippen LogP contribution in [0.15, 0.2) is 54.6 Å². The lowest BCUT2D eigenvalue weighted by molar-refractivity contribution is 0.397. The third-order valence-electron chi connectivity index (χ3n) is 7.18. The minimum Gasteiger partial charge on any atom is -0.481 e. The van der Waals surface area contributed by atoms with E-state index in [0.717, 1.165) is 49.7 Å². The van der Waals surface area contributed by atoms with Crippen LogP contribution in [0.3, 0.4) is 0 Å². The monoisotopic (exact) mass is 507 g/mol. The molecule has 2 heterocycles. The molecule has 6 nitrogen and oxygen atoms in total. The Morgan fingerprint density at radius 1 is 1.09 bits per heavy atom. The third kappa shape index (κ3) is 5.36. The normalized spacial score (nSPS) is 16.5. The number of ether oxygens (including phenoxy) is 1. The molecule has 2 N–H and O–H groups in total. The molecule has 1 aliphatic carbocycles. The van der Waals surface area contributed by atoms with Crippen LogP contribution in [0.4, 0.5) is 11.8 Å². The van der Waals surface area contributed by atoms with E-state index in [9.17, 15) is 0 Å². The van der Waals surface area contributed by atoms with Crippen molar-refractivity contribution in [3.63, 3.8) is 0 Å². The van der Waals surface area contributed by atoms with Crippen molar-refractivity contribution in [3.8, 4) is 5.88 Å². The van der Waals surface area contributed by atoms with E-state index in [2.05, 4.69) is 56.9 Å². The van der Waals surface area contributed by atoms with Gasteiger partial charge in [0.2, 0.25) is 11.8 Å². The minimum absolute atomic E-state index is 0.0535. The van der Waals surface area contributed by atoms with Crippen molar-refractivity contribution in [1.82, 2.24) is 15.3 Å². The van der Waals surface area contributed by atoms with Gasteiger partial charge in [-0.1, -0.05) is 60.8 Å². The average molecular weight is 508 g/mol. The fourth-order valence-corrected chi connectivity index (χ4v) is 5.53. The molecule has 0 amide bonds. The highest BCUT2D eigenvalue weighted by Crippen LogP contribution is 2.41. The summed E-state index contributed by atoms with van der Waals surface area (Å²) < 4.78 is 5.47. The molecular weight excluding hydrogens is 478 g/mol. The average Bonchev–Trinajstić information content (AvgIpc) is 3.37. The van der Waals surface area contributed by atoms with Crippen LogP contribution in [0.5, 0.6) is 5.88 Å². The van der Waals surface area contributed by atoms with E-state index in [1.54, 1.807) is 7.11 Å². The van der Waals surface area contributed by atoms with Crippen molar-refractivity contribution in [1.29, 1.82) is 0 Å². The zero-order valence-corrected chi connectivity index (χ0v) is 21.5. The molecule has 182 valence electrons. The number of methoxy groups -OCH3 is 1. The molecular formula is C27H30ClN5OS. The summed E-state index contributed by atoms with van der Waals surface area (Å²) >= 11 is 11.8. The molecule has 3 aromatic rings. The fourth-order valence-electron chi connectivity index (χ4n) is 5.24. The molecule has 1 fully saturated rings. The van der Waals surface area contributed by atoms with Crippen LogP contribution >= 0.6 is 23.8 Å². The van der Waals surface area contributed by atoms with E-state index in [4.69, 9.17) is 33.5 Å². The van der Waals surface area contributed by atoms with Crippen LogP contribution in [0, 0.1) is 0 Å². The highest BCUT2D eigenvalue weighted by Gasteiger charge is 2.35. The SMILES string of the molecule is COc1cc(N2CCc3ccccc3C2)nc(NC(=S)NCC2(c3ccc(Cl)cc3)CCCC2)n1. The molecule has 1 saturated carbocycles. The zero-order chi connectivity index (χ0) is 24.3. The van der Waals surface area contributed by atoms with Gasteiger partial charge in [0, 0.05) is 36.1 Å². The lowest BCUT2D eigenvalue weighted by Gasteiger charge is -2.31. The van der Waals surface area contributed by atoms with Gasteiger partial charge >= 0.3 is 0 Å². The summed E-state index contributed by atoms with van der Waals surface area (Å²) in [4.78, 5) is 11.5. The summed E-state index contributed by atoms with van der Waals surface area (Å²) in [6, 6.07) is 18.7. The Kier molecular flexibility index (Phi) is 7.07. The number of aromatic nitrogens is 2. The first-order valence-corrected chi connectivity index (χ1v) is 12.9. The number of hydrogen-bond donors (Lipinski definition) is 2. The molecule has 0 spiro atoms. The Bertz CT molecular complexity index is 1200. The number of nitrogens with zero attached hydrogens (tertiary/aromatic N) is 3. The van der Waals surface area contributed by atoms with Gasteiger partial charge in [0.25, 0.3) is 0 Å². The first kappa shape index (κ1) is 23.8. The molecule has 0 saturated heterocycles. The van der Waals surface area contributed by atoms with E-state index in [1.807, 2.05) is 18.2 Å². The van der Waals surface area contributed by atoms with Gasteiger partial charge < -0.3 is 20.3 Å². The minimum atomic E-state index is 0.0535. The number of hydrogen-bond acceptors (Lipinski definition) is 5. The number of anilines is 2. The number of rotatable bonds is 6. The quantitative estimate of drug-likeness (QED) is 0.427. The van der Waals surface area contributed by atoms with Crippen LogP contribution in [0.2, 0.25) is 5.02 Å². The number of fused-ring (bicyclic) bond motifs is 1. The van der Waals surface area contributed by atoms with E-state index < -0.39 is 0 Å². The topological polar surface area (TPSA) is 62.3 Å². The predicted octanol–water partition coefficient (Wildman–Crippen LogP) is 5.50. The van der Waals surface area contributed by atoms with E-state index >= 15 is 0 Å². The first-order chi connectivity index (χ1) is 17.0. The highest BCUT2D eigenvalue weighted by molar-refractivity contribution is 7.80. The summed E-state index contributed by atoms with van der Waals surface area (Å²) in [7, 11) is 1.62. The van der Waals surface area contributed by atoms with Crippen molar-refractivity contribution in [2.24, 2.45) is 0 Å². The van der Waals surface area contributed by atoms with Gasteiger partial charge in [-0.15, -0.1) is 0 Å². The summed E-state index contributed by atoms with van der Waals surface area (Å²) in [5.74, 6) is 1.76. The summed E-state index contributed by atoms with van der Waals surface area (Å²) in [6.45, 7) is 2.45. The Balaban J connectivity index is 1.28. The Hall–Kier alpha value is -2.90. The van der Waals surface area contributed by atoms with Crippen molar-refractivity contribution in [2.45, 2.75) is 44.1 Å². The predicted molar refractivity (Wildman–Crippen MR) is 146 cm³/mol. The molecule has 1 aromatic heterocycles. The number of halogens is 1. The van der Waals surface area contributed by atoms with Crippen LogP contribution in [-0.2, 0) is 18.4 Å². The summed E-state index contributed by atoms with van der Waals surface area (Å²) in [5.41, 5.74) is 4.08. The van der Waals surface area contributed by atoms with E-state index in [0.29, 0.717) is 16.9 Å². The van der Waals surface area contributed by atoms with Crippen molar-refractivity contribution >= 4 is 40.7 Å². The number of thiocarbonyl (C=S) groups is 1. The molecule has 2 aliphatic rings. The molecule has 0 unspecified atom stereocenters. The van der Waals surface area contributed by atoms with Crippen LogP contribution in [0.25, 0.3) is 0 Å². The second-order valence-corrected chi connectivity index (χ2v) is 10.2. The third-order valence-corrected chi connectivity index (χ3v) is 7.68. The Morgan fingerprint density at radius 2 is 1.83 bits per heavy atom. The maximum Gasteiger partial charge on any atom is 0.234 e. The second-order valence-electron chi connectivity index (χ2n) is 9.33. The Labute approximate surface area is 217 Å². The van der Waals surface area contributed by atoms with Crippen LogP contribution < -0.4 is 20.3 Å². The molecule has 1 aliphatic heterocycles. The van der Waals surface area contributed by atoms with Crippen molar-refractivity contribution in [3.05, 3.63) is 76.3 Å². The van der Waals surface area contributed by atoms with Gasteiger partial charge in [-0.3, -0.25) is 0 Å². The van der Waals surface area contributed by atoms with Gasteiger partial charge in [-0.2, -0.15) is 9.97 Å². The Morgan fingerprint density at radius 3 is 2.57 bits per heavy atom. The molecule has 2 aromatic carbocycles. The summed E-state index contributed by atoms with van der Waals surface area (Å²) in [6.07, 6.45) is 5.66. The van der Waals surface area contributed by atoms with E-state index in [-0.39, 0.29) is 5.41 Å². The van der Waals surface area contributed by atoms with Gasteiger partial charge in [0.05, 0.1) is 7.11 Å². The molecule has 0 atom stereocenters. The maximum absolute atomic E-state index is 6.13. The molecule has 0 bridgehead atoms. The molecule has 0 radical (unpaired) electrons.